The van der Waals surface area contributed by atoms with Crippen molar-refractivity contribution in [3.63, 3.8) is 0 Å². The molecule has 0 radical (unpaired) electrons. The molecule has 0 saturated heterocycles. The molecule has 16 heavy (non-hydrogen) atoms. The third-order valence-corrected chi connectivity index (χ3v) is 1.77. The minimum atomic E-state index is -1.02. The lowest BCUT2D eigenvalue weighted by Gasteiger charge is -2.04. The van der Waals surface area contributed by atoms with Crippen LogP contribution in [0.25, 0.3) is 0 Å². The van der Waals surface area contributed by atoms with Crippen molar-refractivity contribution in [2.24, 2.45) is 5.84 Å². The Morgan fingerprint density at radius 1 is 1.19 bits per heavy atom. The van der Waals surface area contributed by atoms with Gasteiger partial charge in [-0.25, -0.2) is 14.6 Å². The van der Waals surface area contributed by atoms with Crippen LogP contribution < -0.4 is 16.6 Å². The second-order valence-electron chi connectivity index (χ2n) is 2.90. The summed E-state index contributed by atoms with van der Waals surface area (Å²) in [6, 6.07) is 3.15. The van der Waals surface area contributed by atoms with Gasteiger partial charge >= 0.3 is 11.8 Å². The lowest BCUT2D eigenvalue weighted by Crippen LogP contribution is -2.42. The molecule has 5 nitrogen and oxygen atoms in total. The molecule has 0 heterocycles. The molecule has 4 N–H and O–H groups in total. The third-order valence-electron chi connectivity index (χ3n) is 1.77. The van der Waals surface area contributed by atoms with E-state index >= 15 is 0 Å². The molecule has 0 saturated carbocycles. The van der Waals surface area contributed by atoms with Crippen LogP contribution in [0.4, 0.5) is 8.78 Å². The van der Waals surface area contributed by atoms with Crippen LogP contribution in [-0.4, -0.2) is 11.8 Å². The Morgan fingerprint density at radius 3 is 2.44 bits per heavy atom. The molecule has 86 valence electrons. The van der Waals surface area contributed by atoms with Gasteiger partial charge in [0.25, 0.3) is 0 Å². The first-order valence-corrected chi connectivity index (χ1v) is 4.27. The maximum Gasteiger partial charge on any atom is 0.323 e. The average molecular weight is 229 g/mol. The topological polar surface area (TPSA) is 84.2 Å². The SMILES string of the molecule is NNC(=O)C(=O)NCc1ccc(F)c(F)c1. The quantitative estimate of drug-likeness (QED) is 0.278. The van der Waals surface area contributed by atoms with Crippen LogP contribution >= 0.6 is 0 Å². The maximum atomic E-state index is 12.7. The standard InChI is InChI=1S/C9H9F2N3O2/c10-6-2-1-5(3-7(6)11)4-13-8(15)9(16)14-12/h1-3H,4,12H2,(H,13,15)(H,14,16). The van der Waals surface area contributed by atoms with Gasteiger partial charge in [0.05, 0.1) is 0 Å². The van der Waals surface area contributed by atoms with Crippen LogP contribution in [-0.2, 0) is 16.1 Å². The van der Waals surface area contributed by atoms with Gasteiger partial charge < -0.3 is 5.32 Å². The summed E-state index contributed by atoms with van der Waals surface area (Å²) in [6.07, 6.45) is 0. The van der Waals surface area contributed by atoms with Crippen molar-refractivity contribution in [1.29, 1.82) is 0 Å². The van der Waals surface area contributed by atoms with Crippen LogP contribution in [0.5, 0.6) is 0 Å². The Morgan fingerprint density at radius 2 is 1.88 bits per heavy atom. The minimum Gasteiger partial charge on any atom is -0.344 e. The second kappa shape index (κ2) is 5.17. The molecule has 2 amide bonds. The number of amides is 2. The predicted molar refractivity (Wildman–Crippen MR) is 50.5 cm³/mol. The number of carbonyl (C=O) groups excluding carboxylic acids is 2. The molecule has 7 heteroatoms. The summed E-state index contributed by atoms with van der Waals surface area (Å²) in [5, 5.41) is 2.18. The molecular weight excluding hydrogens is 220 g/mol. The van der Waals surface area contributed by atoms with Crippen molar-refractivity contribution in [3.8, 4) is 0 Å². The van der Waals surface area contributed by atoms with Gasteiger partial charge in [-0.2, -0.15) is 0 Å². The number of hydrogen-bond donors (Lipinski definition) is 3. The van der Waals surface area contributed by atoms with Crippen molar-refractivity contribution < 1.29 is 18.4 Å². The highest BCUT2D eigenvalue weighted by Crippen LogP contribution is 2.08. The fourth-order valence-corrected chi connectivity index (χ4v) is 0.978. The number of carbonyl (C=O) groups is 2. The van der Waals surface area contributed by atoms with Crippen molar-refractivity contribution in [2.75, 3.05) is 0 Å². The first-order valence-electron chi connectivity index (χ1n) is 4.27. The first-order chi connectivity index (χ1) is 7.54. The van der Waals surface area contributed by atoms with Crippen molar-refractivity contribution in [3.05, 3.63) is 35.4 Å². The van der Waals surface area contributed by atoms with Gasteiger partial charge in [-0.3, -0.25) is 15.0 Å². The van der Waals surface area contributed by atoms with E-state index in [1.54, 1.807) is 5.43 Å². The van der Waals surface area contributed by atoms with Crippen LogP contribution in [0, 0.1) is 11.6 Å². The first kappa shape index (κ1) is 12.1. The zero-order valence-corrected chi connectivity index (χ0v) is 8.09. The lowest BCUT2D eigenvalue weighted by atomic mass is 10.2. The highest BCUT2D eigenvalue weighted by atomic mass is 19.2. The van der Waals surface area contributed by atoms with Crippen molar-refractivity contribution in [1.82, 2.24) is 10.7 Å². The van der Waals surface area contributed by atoms with E-state index in [0.29, 0.717) is 5.56 Å². The molecule has 0 atom stereocenters. The number of hydrazine groups is 1. The van der Waals surface area contributed by atoms with Gasteiger partial charge in [0.1, 0.15) is 0 Å². The predicted octanol–water partition coefficient (Wildman–Crippen LogP) is -0.429. The Bertz CT molecular complexity index is 423. The molecular formula is C9H9F2N3O2. The van der Waals surface area contributed by atoms with E-state index < -0.39 is 23.4 Å². The van der Waals surface area contributed by atoms with Gasteiger partial charge in [0.15, 0.2) is 11.6 Å². The van der Waals surface area contributed by atoms with E-state index in [4.69, 9.17) is 5.84 Å². The summed E-state index contributed by atoms with van der Waals surface area (Å²) < 4.78 is 25.3. The van der Waals surface area contributed by atoms with E-state index in [9.17, 15) is 18.4 Å². The molecule has 0 bridgehead atoms. The highest BCUT2D eigenvalue weighted by molar-refractivity contribution is 6.34. The van der Waals surface area contributed by atoms with E-state index in [1.165, 1.54) is 6.07 Å². The molecule has 0 unspecified atom stereocenters. The number of halogens is 2. The molecule has 0 spiro atoms. The van der Waals surface area contributed by atoms with Gasteiger partial charge in [-0.1, -0.05) is 6.07 Å². The number of rotatable bonds is 2. The summed E-state index contributed by atoms with van der Waals surface area (Å²) in [4.78, 5) is 21.6. The lowest BCUT2D eigenvalue weighted by molar-refractivity contribution is -0.139. The van der Waals surface area contributed by atoms with Crippen molar-refractivity contribution >= 4 is 11.8 Å². The van der Waals surface area contributed by atoms with E-state index in [0.717, 1.165) is 12.1 Å². The summed E-state index contributed by atoms with van der Waals surface area (Å²) in [6.45, 7) is -0.0938. The molecule has 0 aliphatic heterocycles. The van der Waals surface area contributed by atoms with Crippen LogP contribution in [0.1, 0.15) is 5.56 Å². The van der Waals surface area contributed by atoms with Crippen LogP contribution in [0.15, 0.2) is 18.2 Å². The summed E-state index contributed by atoms with van der Waals surface area (Å²) in [5.74, 6) is 0.757. The van der Waals surface area contributed by atoms with E-state index in [1.807, 2.05) is 0 Å². The maximum absolute atomic E-state index is 12.7. The number of nitrogens with one attached hydrogen (secondary N) is 2. The molecule has 0 aliphatic rings. The summed E-state index contributed by atoms with van der Waals surface area (Å²) >= 11 is 0. The summed E-state index contributed by atoms with van der Waals surface area (Å²) in [7, 11) is 0. The second-order valence-corrected chi connectivity index (χ2v) is 2.90. The Labute approximate surface area is 89.6 Å². The van der Waals surface area contributed by atoms with Gasteiger partial charge in [-0.15, -0.1) is 0 Å². The zero-order chi connectivity index (χ0) is 12.1. The molecule has 0 fully saturated rings. The largest absolute Gasteiger partial charge is 0.344 e. The fraction of sp³-hybridized carbons (Fsp3) is 0.111. The molecule has 1 rings (SSSR count). The molecule has 1 aromatic carbocycles. The Hall–Kier alpha value is -2.02. The highest BCUT2D eigenvalue weighted by Gasteiger charge is 2.11. The minimum absolute atomic E-state index is 0.0938. The molecule has 1 aromatic rings. The zero-order valence-electron chi connectivity index (χ0n) is 8.09. The monoisotopic (exact) mass is 229 g/mol. The van der Waals surface area contributed by atoms with E-state index in [-0.39, 0.29) is 6.54 Å². The number of benzene rings is 1. The number of hydrogen-bond acceptors (Lipinski definition) is 3. The van der Waals surface area contributed by atoms with Crippen LogP contribution in [0.3, 0.4) is 0 Å². The number of nitrogens with two attached hydrogens (primary N) is 1. The van der Waals surface area contributed by atoms with Crippen molar-refractivity contribution in [2.45, 2.75) is 6.54 Å². The van der Waals surface area contributed by atoms with Crippen LogP contribution in [0.2, 0.25) is 0 Å². The normalized spacial score (nSPS) is 9.69. The van der Waals surface area contributed by atoms with Gasteiger partial charge in [0.2, 0.25) is 0 Å². The fourth-order valence-electron chi connectivity index (χ4n) is 0.978. The Kier molecular flexibility index (Phi) is 3.90. The van der Waals surface area contributed by atoms with Gasteiger partial charge in [0, 0.05) is 6.54 Å². The smallest absolute Gasteiger partial charge is 0.323 e. The average Bonchev–Trinajstić information content (AvgIpc) is 2.29. The molecule has 0 aliphatic carbocycles. The van der Waals surface area contributed by atoms with E-state index in [2.05, 4.69) is 5.32 Å². The molecule has 0 aromatic heterocycles. The van der Waals surface area contributed by atoms with Gasteiger partial charge in [-0.05, 0) is 17.7 Å². The third kappa shape index (κ3) is 2.99. The Balaban J connectivity index is 2.58. The summed E-state index contributed by atoms with van der Waals surface area (Å²) in [5.41, 5.74) is 1.97.